The number of hydrogen-bond donors (Lipinski definition) is 1. The minimum atomic E-state index is -3.93. The first kappa shape index (κ1) is 14.5. The van der Waals surface area contributed by atoms with Crippen LogP contribution < -0.4 is 4.18 Å². The number of benzene rings is 2. The fourth-order valence-corrected chi connectivity index (χ4v) is 3.12. The first-order chi connectivity index (χ1) is 10.6. The van der Waals surface area contributed by atoms with E-state index in [4.69, 9.17) is 4.18 Å². The second-order valence-electron chi connectivity index (χ2n) is 4.63. The molecule has 0 radical (unpaired) electrons. The van der Waals surface area contributed by atoms with Crippen molar-refractivity contribution in [3.8, 4) is 5.75 Å². The Labute approximate surface area is 127 Å². The van der Waals surface area contributed by atoms with Crippen LogP contribution in [0, 0.1) is 0 Å². The van der Waals surface area contributed by atoms with Crippen LogP contribution in [0.2, 0.25) is 0 Å². The number of nitrogens with zero attached hydrogens (tertiary/aromatic N) is 1. The number of rotatable bonds is 4. The number of pyridine rings is 1. The average molecular weight is 315 g/mol. The largest absolute Gasteiger partial charge is 0.392 e. The van der Waals surface area contributed by atoms with Crippen LogP contribution in [0.3, 0.4) is 0 Å². The van der Waals surface area contributed by atoms with Crippen LogP contribution in [0.5, 0.6) is 5.75 Å². The molecule has 1 aromatic heterocycles. The Balaban J connectivity index is 2.09. The molecule has 0 amide bonds. The summed E-state index contributed by atoms with van der Waals surface area (Å²) in [5.74, 6) is 0.136. The van der Waals surface area contributed by atoms with Crippen LogP contribution in [-0.4, -0.2) is 18.5 Å². The van der Waals surface area contributed by atoms with E-state index in [0.29, 0.717) is 16.5 Å². The smallest absolute Gasteiger partial charge is 0.339 e. The molecule has 0 unspecified atom stereocenters. The van der Waals surface area contributed by atoms with E-state index >= 15 is 0 Å². The number of aliphatic hydroxyl groups excluding tert-OH is 1. The summed E-state index contributed by atoms with van der Waals surface area (Å²) in [6, 6.07) is 14.5. The Kier molecular flexibility index (Phi) is 3.79. The highest BCUT2D eigenvalue weighted by molar-refractivity contribution is 7.87. The van der Waals surface area contributed by atoms with Crippen molar-refractivity contribution < 1.29 is 17.7 Å². The second-order valence-corrected chi connectivity index (χ2v) is 6.18. The molecule has 0 saturated heterocycles. The predicted octanol–water partition coefficient (Wildman–Crippen LogP) is 2.49. The summed E-state index contributed by atoms with van der Waals surface area (Å²) in [6.07, 6.45) is 1.55. The van der Waals surface area contributed by atoms with Gasteiger partial charge in [-0.3, -0.25) is 4.98 Å². The molecule has 1 heterocycles. The van der Waals surface area contributed by atoms with Crippen molar-refractivity contribution in [2.24, 2.45) is 0 Å². The van der Waals surface area contributed by atoms with Gasteiger partial charge in [0.05, 0.1) is 6.61 Å². The number of hydrogen-bond acceptors (Lipinski definition) is 5. The topological polar surface area (TPSA) is 76.5 Å². The van der Waals surface area contributed by atoms with Crippen LogP contribution in [0.4, 0.5) is 0 Å². The van der Waals surface area contributed by atoms with Crippen LogP contribution in [0.25, 0.3) is 10.9 Å². The van der Waals surface area contributed by atoms with E-state index < -0.39 is 10.1 Å². The second kappa shape index (κ2) is 5.75. The van der Waals surface area contributed by atoms with E-state index in [0.717, 1.165) is 0 Å². The summed E-state index contributed by atoms with van der Waals surface area (Å²) in [6.45, 7) is -0.159. The van der Waals surface area contributed by atoms with E-state index in [1.807, 2.05) is 0 Å². The third-order valence-electron chi connectivity index (χ3n) is 3.22. The van der Waals surface area contributed by atoms with Gasteiger partial charge < -0.3 is 9.29 Å². The van der Waals surface area contributed by atoms with Gasteiger partial charge in [-0.15, -0.1) is 0 Å². The molecule has 0 aliphatic rings. The molecule has 3 rings (SSSR count). The predicted molar refractivity (Wildman–Crippen MR) is 81.9 cm³/mol. The molecule has 0 fully saturated rings. The maximum atomic E-state index is 12.3. The number of aromatic nitrogens is 1. The van der Waals surface area contributed by atoms with E-state index in [1.165, 1.54) is 18.2 Å². The van der Waals surface area contributed by atoms with E-state index in [1.54, 1.807) is 42.6 Å². The molecular weight excluding hydrogens is 302 g/mol. The molecule has 0 spiro atoms. The highest BCUT2D eigenvalue weighted by Gasteiger charge is 2.18. The van der Waals surface area contributed by atoms with Crippen molar-refractivity contribution in [3.63, 3.8) is 0 Å². The average Bonchev–Trinajstić information content (AvgIpc) is 2.56. The van der Waals surface area contributed by atoms with Crippen molar-refractivity contribution >= 4 is 21.0 Å². The fourth-order valence-electron chi connectivity index (χ4n) is 2.16. The summed E-state index contributed by atoms with van der Waals surface area (Å²) in [5.41, 5.74) is 1.06. The Hall–Kier alpha value is -2.44. The fraction of sp³-hybridized carbons (Fsp3) is 0.0625. The lowest BCUT2D eigenvalue weighted by Gasteiger charge is -2.10. The van der Waals surface area contributed by atoms with Gasteiger partial charge in [-0.1, -0.05) is 30.3 Å². The first-order valence-electron chi connectivity index (χ1n) is 6.59. The lowest BCUT2D eigenvalue weighted by atomic mass is 10.1. The van der Waals surface area contributed by atoms with Gasteiger partial charge in [0.2, 0.25) is 0 Å². The quantitative estimate of drug-likeness (QED) is 0.749. The molecule has 0 saturated carbocycles. The molecule has 22 heavy (non-hydrogen) atoms. The van der Waals surface area contributed by atoms with E-state index in [9.17, 15) is 13.5 Å². The molecule has 0 aliphatic carbocycles. The van der Waals surface area contributed by atoms with Gasteiger partial charge >= 0.3 is 10.1 Å². The SMILES string of the molecule is O=S(=O)(Oc1ccc(CO)c2cccnc12)c1ccccc1. The zero-order valence-corrected chi connectivity index (χ0v) is 12.3. The first-order valence-corrected chi connectivity index (χ1v) is 7.99. The Morgan fingerprint density at radius 3 is 2.50 bits per heavy atom. The van der Waals surface area contributed by atoms with Crippen molar-refractivity contribution in [1.29, 1.82) is 0 Å². The van der Waals surface area contributed by atoms with Gasteiger partial charge in [0, 0.05) is 11.6 Å². The molecule has 5 nitrogen and oxygen atoms in total. The Morgan fingerprint density at radius 2 is 1.77 bits per heavy atom. The highest BCUT2D eigenvalue weighted by atomic mass is 32.2. The monoisotopic (exact) mass is 315 g/mol. The van der Waals surface area contributed by atoms with Gasteiger partial charge in [0.25, 0.3) is 0 Å². The van der Waals surface area contributed by atoms with Crippen LogP contribution >= 0.6 is 0 Å². The molecule has 0 bridgehead atoms. The summed E-state index contributed by atoms with van der Waals surface area (Å²) in [4.78, 5) is 4.24. The lowest BCUT2D eigenvalue weighted by Crippen LogP contribution is -2.10. The molecule has 112 valence electrons. The summed E-state index contributed by atoms with van der Waals surface area (Å²) in [5, 5.41) is 10.0. The van der Waals surface area contributed by atoms with Crippen LogP contribution in [0.15, 0.2) is 65.7 Å². The molecule has 1 N–H and O–H groups in total. The lowest BCUT2D eigenvalue weighted by molar-refractivity contribution is 0.283. The van der Waals surface area contributed by atoms with E-state index in [2.05, 4.69) is 4.98 Å². The van der Waals surface area contributed by atoms with E-state index in [-0.39, 0.29) is 17.3 Å². The zero-order valence-electron chi connectivity index (χ0n) is 11.5. The van der Waals surface area contributed by atoms with Gasteiger partial charge in [0.1, 0.15) is 10.4 Å². The molecule has 3 aromatic rings. The minimum absolute atomic E-state index is 0.0744. The van der Waals surface area contributed by atoms with Crippen LogP contribution in [0.1, 0.15) is 5.56 Å². The third-order valence-corrected chi connectivity index (χ3v) is 4.47. The molecule has 6 heteroatoms. The third kappa shape index (κ3) is 2.66. The van der Waals surface area contributed by atoms with Crippen molar-refractivity contribution in [2.45, 2.75) is 11.5 Å². The number of aliphatic hydroxyl groups is 1. The summed E-state index contributed by atoms with van der Waals surface area (Å²) < 4.78 is 29.8. The zero-order chi connectivity index (χ0) is 15.6. The van der Waals surface area contributed by atoms with Crippen molar-refractivity contribution in [3.05, 3.63) is 66.4 Å². The molecular formula is C16H13NO4S. The Bertz CT molecular complexity index is 908. The molecule has 2 aromatic carbocycles. The van der Waals surface area contributed by atoms with Gasteiger partial charge in [0.15, 0.2) is 5.75 Å². The maximum Gasteiger partial charge on any atom is 0.339 e. The highest BCUT2D eigenvalue weighted by Crippen LogP contribution is 2.29. The molecule has 0 atom stereocenters. The van der Waals surface area contributed by atoms with Gasteiger partial charge in [-0.2, -0.15) is 8.42 Å². The van der Waals surface area contributed by atoms with Crippen molar-refractivity contribution in [2.75, 3.05) is 0 Å². The minimum Gasteiger partial charge on any atom is -0.392 e. The van der Waals surface area contributed by atoms with Gasteiger partial charge in [-0.05, 0) is 29.8 Å². The standard InChI is InChI=1S/C16H13NO4S/c18-11-12-8-9-15(16-14(12)7-4-10-17-16)21-22(19,20)13-5-2-1-3-6-13/h1-10,18H,11H2. The van der Waals surface area contributed by atoms with Crippen molar-refractivity contribution in [1.82, 2.24) is 4.98 Å². The molecule has 0 aliphatic heterocycles. The summed E-state index contributed by atoms with van der Waals surface area (Å²) >= 11 is 0. The number of fused-ring (bicyclic) bond motifs is 1. The van der Waals surface area contributed by atoms with Crippen LogP contribution in [-0.2, 0) is 16.7 Å². The summed E-state index contributed by atoms with van der Waals surface area (Å²) in [7, 11) is -3.93. The van der Waals surface area contributed by atoms with Gasteiger partial charge in [-0.25, -0.2) is 0 Å². The normalized spacial score (nSPS) is 11.5. The maximum absolute atomic E-state index is 12.3. The Morgan fingerprint density at radius 1 is 1.00 bits per heavy atom.